The molecule has 0 spiro atoms. The van der Waals surface area contributed by atoms with E-state index in [0.717, 1.165) is 30.4 Å². The maximum Gasteiger partial charge on any atom is 0.340 e. The average Bonchev–Trinajstić information content (AvgIpc) is 2.21. The molecule has 1 saturated heterocycles. The van der Waals surface area contributed by atoms with Crippen LogP contribution in [0.5, 0.6) is 0 Å². The van der Waals surface area contributed by atoms with Crippen LogP contribution < -0.4 is 0 Å². The van der Waals surface area contributed by atoms with Gasteiger partial charge in [0.2, 0.25) is 0 Å². The number of aliphatic hydroxyl groups is 1. The highest BCUT2D eigenvalue weighted by Crippen LogP contribution is 2.61. The van der Waals surface area contributed by atoms with E-state index in [-0.39, 0.29) is 5.92 Å². The van der Waals surface area contributed by atoms with Gasteiger partial charge in [0.1, 0.15) is 0 Å². The van der Waals surface area contributed by atoms with Crippen molar-refractivity contribution in [1.29, 1.82) is 0 Å². The van der Waals surface area contributed by atoms with Crippen molar-refractivity contribution < 1.29 is 38.3 Å². The molecule has 1 fully saturated rings. The Morgan fingerprint density at radius 3 is 2.10 bits per heavy atom. The van der Waals surface area contributed by atoms with E-state index in [1.54, 1.807) is 0 Å². The molecule has 10 heteroatoms. The summed E-state index contributed by atoms with van der Waals surface area (Å²) >= 11 is 0. The molecule has 21 heavy (non-hydrogen) atoms. The Balaban J connectivity index is 2.65. The third-order valence-corrected chi connectivity index (χ3v) is 7.77. The third-order valence-electron chi connectivity index (χ3n) is 3.99. The van der Waals surface area contributed by atoms with Crippen LogP contribution in [0.3, 0.4) is 0 Å². The van der Waals surface area contributed by atoms with Crippen LogP contribution in [0.25, 0.3) is 0 Å². The van der Waals surface area contributed by atoms with Crippen LogP contribution in [-0.4, -0.2) is 67.9 Å². The number of aliphatic hydroxyl groups excluding tert-OH is 1. The summed E-state index contributed by atoms with van der Waals surface area (Å²) in [7, 11) is -5.76. The number of likely N-dealkylation sites (tertiary alicyclic amines) is 1. The van der Waals surface area contributed by atoms with E-state index < -0.39 is 33.1 Å². The molecule has 0 saturated carbocycles. The lowest BCUT2D eigenvalue weighted by Gasteiger charge is -2.38. The highest BCUT2D eigenvalue weighted by molar-refractivity contribution is 7.70. The van der Waals surface area contributed by atoms with E-state index in [1.807, 2.05) is 0 Å². The zero-order chi connectivity index (χ0) is 16.5. The van der Waals surface area contributed by atoms with Gasteiger partial charge < -0.3 is 29.2 Å². The van der Waals surface area contributed by atoms with Gasteiger partial charge >= 0.3 is 15.2 Å². The average molecular weight is 346 g/mol. The number of rotatable bonds is 6. The van der Waals surface area contributed by atoms with E-state index in [0.29, 0.717) is 6.42 Å². The van der Waals surface area contributed by atoms with Crippen LogP contribution in [0.15, 0.2) is 0 Å². The van der Waals surface area contributed by atoms with E-state index in [4.69, 9.17) is 19.6 Å². The highest BCUT2D eigenvalue weighted by atomic mass is 31.2. The van der Waals surface area contributed by atoms with E-state index in [9.17, 15) is 14.2 Å². The predicted molar refractivity (Wildman–Crippen MR) is 77.7 cm³/mol. The molecule has 5 N–H and O–H groups in total. The van der Waals surface area contributed by atoms with Crippen LogP contribution in [0.4, 0.5) is 0 Å². The maximum absolute atomic E-state index is 11.2. The van der Waals surface area contributed by atoms with Gasteiger partial charge in [0.25, 0.3) is 0 Å². The molecule has 0 bridgehead atoms. The molecule has 2 unspecified atom stereocenters. The Labute approximate surface area is 124 Å². The summed E-state index contributed by atoms with van der Waals surface area (Å²) in [6.45, 7) is 1.88. The van der Waals surface area contributed by atoms with Gasteiger partial charge in [-0.3, -0.25) is 9.13 Å². The summed E-state index contributed by atoms with van der Waals surface area (Å²) in [6.07, 6.45) is 0.509. The van der Waals surface area contributed by atoms with Gasteiger partial charge in [0, 0.05) is 5.92 Å². The van der Waals surface area contributed by atoms with Crippen LogP contribution in [-0.2, 0) is 9.13 Å². The number of nitrogens with zero attached hydrogens (tertiary/aromatic N) is 1. The maximum atomic E-state index is 11.2. The molecule has 0 aromatic carbocycles. The van der Waals surface area contributed by atoms with Gasteiger partial charge in [0.05, 0.1) is 33.3 Å². The normalized spacial score (nSPS) is 25.0. The molecule has 1 rings (SSSR count). The van der Waals surface area contributed by atoms with Crippen molar-refractivity contribution in [3.05, 3.63) is 0 Å². The fourth-order valence-electron chi connectivity index (χ4n) is 3.08. The van der Waals surface area contributed by atoms with Gasteiger partial charge in [-0.1, -0.05) is 0 Å². The van der Waals surface area contributed by atoms with Gasteiger partial charge in [-0.25, -0.2) is 0 Å². The first-order valence-corrected chi connectivity index (χ1v) is 10.3. The fraction of sp³-hybridized carbons (Fsp3) is 1.00. The lowest BCUT2D eigenvalue weighted by molar-refractivity contribution is -0.898. The summed E-state index contributed by atoms with van der Waals surface area (Å²) in [6, 6.07) is 0. The zero-order valence-corrected chi connectivity index (χ0v) is 14.2. The minimum Gasteiger partial charge on any atom is -0.393 e. The number of piperidine rings is 1. The molecule has 8 nitrogen and oxygen atoms in total. The summed E-state index contributed by atoms with van der Waals surface area (Å²) in [5.74, 6) is 0.193. The fourth-order valence-corrected chi connectivity index (χ4v) is 5.68. The molecular weight excluding hydrogens is 320 g/mol. The number of hydrogen-bond donors (Lipinski definition) is 5. The summed E-state index contributed by atoms with van der Waals surface area (Å²) < 4.78 is 23.2. The monoisotopic (exact) mass is 346 g/mol. The summed E-state index contributed by atoms with van der Waals surface area (Å²) in [5.41, 5.74) is 0. The van der Waals surface area contributed by atoms with Gasteiger partial charge in [-0.2, -0.15) is 0 Å². The van der Waals surface area contributed by atoms with Crippen LogP contribution in [0, 0.1) is 5.92 Å². The summed E-state index contributed by atoms with van der Waals surface area (Å²) in [5, 5.41) is 7.86. The molecular formula is C11H26NO7P2+. The Hall–Kier alpha value is 0.220. The second kappa shape index (κ2) is 6.77. The first kappa shape index (κ1) is 19.3. The lowest BCUT2D eigenvalue weighted by atomic mass is 9.91. The minimum absolute atomic E-state index is 0.193. The molecule has 0 amide bonds. The van der Waals surface area contributed by atoms with Crippen molar-refractivity contribution in [2.45, 2.75) is 37.2 Å². The van der Waals surface area contributed by atoms with Crippen LogP contribution in [0.1, 0.15) is 25.7 Å². The Bertz CT molecular complexity index is 422. The second-order valence-electron chi connectivity index (χ2n) is 6.63. The van der Waals surface area contributed by atoms with Gasteiger partial charge in [0.15, 0.2) is 5.40 Å². The quantitative estimate of drug-likeness (QED) is 0.345. The van der Waals surface area contributed by atoms with E-state index >= 15 is 0 Å². The molecule has 0 aromatic heterocycles. The van der Waals surface area contributed by atoms with Crippen molar-refractivity contribution in [2.75, 3.05) is 27.2 Å². The first-order valence-electron chi connectivity index (χ1n) is 6.92. The molecule has 126 valence electrons. The lowest BCUT2D eigenvalue weighted by Crippen LogP contribution is -2.48. The molecule has 2 atom stereocenters. The minimum atomic E-state index is -4.96. The van der Waals surface area contributed by atoms with Crippen molar-refractivity contribution in [2.24, 2.45) is 5.92 Å². The van der Waals surface area contributed by atoms with E-state index in [1.165, 1.54) is 0 Å². The van der Waals surface area contributed by atoms with Gasteiger partial charge in [-0.15, -0.1) is 0 Å². The van der Waals surface area contributed by atoms with Crippen molar-refractivity contribution >= 4 is 15.2 Å². The molecule has 1 aliphatic rings. The predicted octanol–water partition coefficient (Wildman–Crippen LogP) is 0.295. The number of hydrogen-bond acceptors (Lipinski definition) is 3. The second-order valence-corrected chi connectivity index (χ2v) is 10.6. The molecule has 1 aliphatic heterocycles. The zero-order valence-electron chi connectivity index (χ0n) is 12.4. The first-order chi connectivity index (χ1) is 9.31. The molecule has 0 aliphatic carbocycles. The Kier molecular flexibility index (Phi) is 6.21. The smallest absolute Gasteiger partial charge is 0.340 e. The SMILES string of the molecule is C[N+]1(C)CCCC(CC(O)CC(P(=O)(O)O)P(=O)(O)O)C1. The third kappa shape index (κ3) is 6.47. The van der Waals surface area contributed by atoms with Crippen molar-refractivity contribution in [3.8, 4) is 0 Å². The topological polar surface area (TPSA) is 135 Å². The Morgan fingerprint density at radius 1 is 1.14 bits per heavy atom. The van der Waals surface area contributed by atoms with Gasteiger partial charge in [-0.05, 0) is 25.7 Å². The summed E-state index contributed by atoms with van der Waals surface area (Å²) in [4.78, 5) is 36.2. The Morgan fingerprint density at radius 2 is 1.67 bits per heavy atom. The van der Waals surface area contributed by atoms with E-state index in [2.05, 4.69) is 14.1 Å². The van der Waals surface area contributed by atoms with Crippen molar-refractivity contribution in [1.82, 2.24) is 0 Å². The molecule has 1 heterocycles. The van der Waals surface area contributed by atoms with Crippen LogP contribution in [0.2, 0.25) is 0 Å². The number of quaternary nitrogens is 1. The molecule has 0 aromatic rings. The van der Waals surface area contributed by atoms with Crippen molar-refractivity contribution in [3.63, 3.8) is 0 Å². The largest absolute Gasteiger partial charge is 0.393 e. The van der Waals surface area contributed by atoms with Crippen LogP contribution >= 0.6 is 15.2 Å². The highest BCUT2D eigenvalue weighted by Gasteiger charge is 2.44. The molecule has 0 radical (unpaired) electrons. The standard InChI is InChI=1S/C11H25NO7P2/c1-12(2)5-3-4-9(8-12)6-10(13)7-11(20(14,15)16)21(17,18)19/h9-11,13H,3-8H2,1-2H3,(H3-,14,15,16,17,18,19)/p+1.